The van der Waals surface area contributed by atoms with Crippen LogP contribution in [0, 0.1) is 5.92 Å². The lowest BCUT2D eigenvalue weighted by molar-refractivity contribution is 0.103. The number of Topliss-reactive ketones (excluding diaryl/α,β-unsaturated/α-hetero) is 1. The van der Waals surface area contributed by atoms with Gasteiger partial charge in [0.1, 0.15) is 0 Å². The van der Waals surface area contributed by atoms with Gasteiger partial charge in [0.15, 0.2) is 5.78 Å². The first-order chi connectivity index (χ1) is 7.16. The molecule has 2 heteroatoms. The van der Waals surface area contributed by atoms with Gasteiger partial charge in [0, 0.05) is 16.0 Å². The van der Waals surface area contributed by atoms with Gasteiger partial charge in [-0.2, -0.15) is 0 Å². The van der Waals surface area contributed by atoms with Gasteiger partial charge in [0.05, 0.1) is 0 Å². The summed E-state index contributed by atoms with van der Waals surface area (Å²) in [7, 11) is 0. The second-order valence-corrected chi connectivity index (χ2v) is 4.93. The van der Waals surface area contributed by atoms with Gasteiger partial charge in [-0.25, -0.2) is 0 Å². The molecule has 15 heavy (non-hydrogen) atoms. The number of allylic oxidation sites excluding steroid dienone is 4. The van der Waals surface area contributed by atoms with Crippen LogP contribution in [0.2, 0.25) is 0 Å². The molecule has 1 aromatic rings. The van der Waals surface area contributed by atoms with Crippen LogP contribution in [0.25, 0.3) is 5.57 Å². The first-order valence-corrected chi connectivity index (χ1v) is 5.71. The fraction of sp³-hybridized carbons (Fsp3) is 0.154. The molecular weight excluding hydrogens is 252 g/mol. The third-order valence-corrected chi connectivity index (χ3v) is 3.43. The molecule has 1 aromatic carbocycles. The third-order valence-electron chi connectivity index (χ3n) is 2.93. The molecule has 1 nitrogen and oxygen atoms in total. The van der Waals surface area contributed by atoms with Crippen molar-refractivity contribution < 1.29 is 4.79 Å². The summed E-state index contributed by atoms with van der Waals surface area (Å²) in [6.45, 7) is 1.89. The van der Waals surface area contributed by atoms with Crippen molar-refractivity contribution in [3.05, 3.63) is 51.5 Å². The molecule has 0 aromatic heterocycles. The number of carbonyl (C=O) groups excluding carboxylic acids is 1. The van der Waals surface area contributed by atoms with E-state index in [-0.39, 0.29) is 5.78 Å². The van der Waals surface area contributed by atoms with E-state index in [0.717, 1.165) is 21.2 Å². The molecule has 0 saturated heterocycles. The van der Waals surface area contributed by atoms with Crippen molar-refractivity contribution in [1.29, 1.82) is 0 Å². The molecule has 74 valence electrons. The molecule has 0 N–H and O–H groups in total. The summed E-state index contributed by atoms with van der Waals surface area (Å²) in [6, 6.07) is 5.93. The topological polar surface area (TPSA) is 17.1 Å². The van der Waals surface area contributed by atoms with Gasteiger partial charge in [0.2, 0.25) is 0 Å². The highest BCUT2D eigenvalue weighted by Gasteiger charge is 2.31. The van der Waals surface area contributed by atoms with Gasteiger partial charge < -0.3 is 0 Å². The van der Waals surface area contributed by atoms with E-state index in [1.54, 1.807) is 0 Å². The van der Waals surface area contributed by atoms with Gasteiger partial charge in [-0.1, -0.05) is 34.1 Å². The van der Waals surface area contributed by atoms with Crippen LogP contribution in [0.4, 0.5) is 0 Å². The predicted molar refractivity (Wildman–Crippen MR) is 63.7 cm³/mol. The fourth-order valence-electron chi connectivity index (χ4n) is 2.07. The number of hydrogen-bond acceptors (Lipinski definition) is 1. The normalized spacial score (nSPS) is 22.3. The first-order valence-electron chi connectivity index (χ1n) is 4.91. The minimum absolute atomic E-state index is 0.152. The smallest absolute Gasteiger partial charge is 0.189 e. The van der Waals surface area contributed by atoms with Crippen molar-refractivity contribution in [3.63, 3.8) is 0 Å². The van der Waals surface area contributed by atoms with E-state index in [4.69, 9.17) is 0 Å². The molecule has 0 radical (unpaired) electrons. The Morgan fingerprint density at radius 2 is 2.00 bits per heavy atom. The zero-order chi connectivity index (χ0) is 10.6. The fourth-order valence-corrected chi connectivity index (χ4v) is 2.43. The largest absolute Gasteiger partial charge is 0.289 e. The van der Waals surface area contributed by atoms with Crippen molar-refractivity contribution in [2.45, 2.75) is 6.92 Å². The maximum Gasteiger partial charge on any atom is 0.189 e. The number of ketones is 1. The SMILES string of the molecule is CC1=CC2C=C2c2ccc(Br)cc2C1=O. The van der Waals surface area contributed by atoms with E-state index in [2.05, 4.69) is 22.0 Å². The molecule has 0 spiro atoms. The number of hydrogen-bond donors (Lipinski definition) is 0. The Kier molecular flexibility index (Phi) is 1.77. The average molecular weight is 261 g/mol. The van der Waals surface area contributed by atoms with Gasteiger partial charge in [0.25, 0.3) is 0 Å². The molecule has 0 saturated carbocycles. The molecule has 0 fully saturated rings. The van der Waals surface area contributed by atoms with Crippen molar-refractivity contribution in [2.75, 3.05) is 0 Å². The summed E-state index contributed by atoms with van der Waals surface area (Å²) in [5.41, 5.74) is 4.07. The summed E-state index contributed by atoms with van der Waals surface area (Å²) in [6.07, 6.45) is 4.24. The lowest BCUT2D eigenvalue weighted by Crippen LogP contribution is -2.02. The Hall–Kier alpha value is -1.15. The van der Waals surface area contributed by atoms with Crippen LogP contribution in [0.5, 0.6) is 0 Å². The number of fused-ring (bicyclic) bond motifs is 3. The second kappa shape index (κ2) is 2.92. The first kappa shape index (κ1) is 9.10. The zero-order valence-corrected chi connectivity index (χ0v) is 9.84. The van der Waals surface area contributed by atoms with E-state index >= 15 is 0 Å². The van der Waals surface area contributed by atoms with Crippen LogP contribution in [0.3, 0.4) is 0 Å². The van der Waals surface area contributed by atoms with Crippen LogP contribution in [0.1, 0.15) is 22.8 Å². The Bertz CT molecular complexity index is 537. The van der Waals surface area contributed by atoms with Crippen molar-refractivity contribution in [3.8, 4) is 0 Å². The highest BCUT2D eigenvalue weighted by Crippen LogP contribution is 2.44. The molecule has 3 rings (SSSR count). The van der Waals surface area contributed by atoms with Crippen LogP contribution < -0.4 is 0 Å². The second-order valence-electron chi connectivity index (χ2n) is 4.02. The van der Waals surface area contributed by atoms with Crippen molar-refractivity contribution in [1.82, 2.24) is 0 Å². The molecule has 2 aliphatic rings. The summed E-state index contributed by atoms with van der Waals surface area (Å²) in [5.74, 6) is 0.552. The molecule has 0 amide bonds. The van der Waals surface area contributed by atoms with Crippen molar-refractivity contribution >= 4 is 27.3 Å². The quantitative estimate of drug-likeness (QED) is 0.697. The summed E-state index contributed by atoms with van der Waals surface area (Å²) in [5, 5.41) is 0. The maximum absolute atomic E-state index is 12.0. The van der Waals surface area contributed by atoms with Gasteiger partial charge in [-0.15, -0.1) is 0 Å². The Morgan fingerprint density at radius 3 is 2.80 bits per heavy atom. The lowest BCUT2D eigenvalue weighted by atomic mass is 10.00. The molecular formula is C13H9BrO. The average Bonchev–Trinajstić information content (AvgIpc) is 2.95. The lowest BCUT2D eigenvalue weighted by Gasteiger charge is -2.05. The molecule has 0 heterocycles. The zero-order valence-electron chi connectivity index (χ0n) is 8.25. The van der Waals surface area contributed by atoms with Gasteiger partial charge in [-0.05, 0) is 35.8 Å². The van der Waals surface area contributed by atoms with Crippen molar-refractivity contribution in [2.24, 2.45) is 5.92 Å². The van der Waals surface area contributed by atoms with Gasteiger partial charge in [-0.3, -0.25) is 4.79 Å². The summed E-state index contributed by atoms with van der Waals surface area (Å²) in [4.78, 5) is 12.0. The number of rotatable bonds is 0. The van der Waals surface area contributed by atoms with Gasteiger partial charge >= 0.3 is 0 Å². The van der Waals surface area contributed by atoms with E-state index in [9.17, 15) is 4.79 Å². The Morgan fingerprint density at radius 1 is 1.20 bits per heavy atom. The van der Waals surface area contributed by atoms with Crippen LogP contribution in [-0.2, 0) is 0 Å². The highest BCUT2D eigenvalue weighted by atomic mass is 79.9. The van der Waals surface area contributed by atoms with E-state index in [0.29, 0.717) is 5.92 Å². The number of carbonyl (C=O) groups is 1. The predicted octanol–water partition coefficient (Wildman–Crippen LogP) is 3.60. The van der Waals surface area contributed by atoms with Crippen LogP contribution in [0.15, 0.2) is 40.4 Å². The standard InChI is InChI=1S/C13H9BrO/c1-7-4-8-5-11(8)10-3-2-9(14)6-12(10)13(7)15/h2-6,8H,1H3. The Balaban J connectivity index is 2.26. The molecule has 0 bridgehead atoms. The summed E-state index contributed by atoms with van der Waals surface area (Å²) < 4.78 is 0.960. The minimum Gasteiger partial charge on any atom is -0.289 e. The molecule has 0 aliphatic heterocycles. The molecule has 2 aliphatic carbocycles. The highest BCUT2D eigenvalue weighted by molar-refractivity contribution is 9.10. The Labute approximate surface area is 96.6 Å². The van der Waals surface area contributed by atoms with E-state index < -0.39 is 0 Å². The maximum atomic E-state index is 12.0. The van der Waals surface area contributed by atoms with Crippen LogP contribution in [-0.4, -0.2) is 5.78 Å². The number of benzene rings is 1. The van der Waals surface area contributed by atoms with E-state index in [1.807, 2.05) is 31.2 Å². The van der Waals surface area contributed by atoms with E-state index in [1.165, 1.54) is 5.57 Å². The minimum atomic E-state index is 0.152. The third kappa shape index (κ3) is 1.32. The number of halogens is 1. The monoisotopic (exact) mass is 260 g/mol. The molecule has 1 atom stereocenters. The summed E-state index contributed by atoms with van der Waals surface area (Å²) >= 11 is 3.41. The molecule has 1 unspecified atom stereocenters. The van der Waals surface area contributed by atoms with Crippen LogP contribution >= 0.6 is 15.9 Å².